The van der Waals surface area contributed by atoms with Gasteiger partial charge in [-0.1, -0.05) is 43.1 Å². The standard InChI is InChI=1S/C12H20BrNO2/c1-4-5-9(7-13)8-14-10(15)6-12(2,3)11(14)16/h9H,4-8H2,1-3H3. The molecule has 1 aliphatic heterocycles. The van der Waals surface area contributed by atoms with Crippen molar-refractivity contribution in [2.24, 2.45) is 11.3 Å². The van der Waals surface area contributed by atoms with Crippen LogP contribution in [0.25, 0.3) is 0 Å². The number of carbonyl (C=O) groups is 2. The number of carbonyl (C=O) groups excluding carboxylic acids is 2. The van der Waals surface area contributed by atoms with E-state index in [2.05, 4.69) is 22.9 Å². The Hall–Kier alpha value is -0.380. The fourth-order valence-electron chi connectivity index (χ4n) is 2.10. The van der Waals surface area contributed by atoms with E-state index in [0.29, 0.717) is 18.9 Å². The van der Waals surface area contributed by atoms with Crippen LogP contribution in [0.15, 0.2) is 0 Å². The summed E-state index contributed by atoms with van der Waals surface area (Å²) in [6, 6.07) is 0. The lowest BCUT2D eigenvalue weighted by Crippen LogP contribution is -2.37. The van der Waals surface area contributed by atoms with Crippen molar-refractivity contribution in [2.75, 3.05) is 11.9 Å². The van der Waals surface area contributed by atoms with Crippen molar-refractivity contribution < 1.29 is 9.59 Å². The van der Waals surface area contributed by atoms with Crippen molar-refractivity contribution in [2.45, 2.75) is 40.0 Å². The van der Waals surface area contributed by atoms with Gasteiger partial charge in [0.25, 0.3) is 0 Å². The monoisotopic (exact) mass is 289 g/mol. The number of nitrogens with zero attached hydrogens (tertiary/aromatic N) is 1. The molecule has 1 atom stereocenters. The molecule has 1 rings (SSSR count). The molecule has 4 heteroatoms. The molecule has 0 aromatic carbocycles. The largest absolute Gasteiger partial charge is 0.282 e. The average Bonchev–Trinajstić information content (AvgIpc) is 2.39. The number of rotatable bonds is 5. The molecule has 0 aromatic heterocycles. The second-order valence-corrected chi connectivity index (χ2v) is 5.83. The molecule has 0 bridgehead atoms. The molecule has 1 fully saturated rings. The molecule has 0 saturated carbocycles. The fraction of sp³-hybridized carbons (Fsp3) is 0.833. The lowest BCUT2D eigenvalue weighted by Gasteiger charge is -2.22. The van der Waals surface area contributed by atoms with E-state index in [1.807, 2.05) is 13.8 Å². The lowest BCUT2D eigenvalue weighted by atomic mass is 9.92. The molecule has 1 saturated heterocycles. The molecule has 16 heavy (non-hydrogen) atoms. The second-order valence-electron chi connectivity index (χ2n) is 5.18. The van der Waals surface area contributed by atoms with Crippen LogP contribution in [0.2, 0.25) is 0 Å². The van der Waals surface area contributed by atoms with E-state index >= 15 is 0 Å². The van der Waals surface area contributed by atoms with Gasteiger partial charge in [0.1, 0.15) is 0 Å². The third-order valence-corrected chi connectivity index (χ3v) is 3.99. The topological polar surface area (TPSA) is 37.4 Å². The smallest absolute Gasteiger partial charge is 0.235 e. The van der Waals surface area contributed by atoms with Gasteiger partial charge in [0.15, 0.2) is 0 Å². The summed E-state index contributed by atoms with van der Waals surface area (Å²) >= 11 is 3.44. The molecule has 0 radical (unpaired) electrons. The summed E-state index contributed by atoms with van der Waals surface area (Å²) < 4.78 is 0. The maximum Gasteiger partial charge on any atom is 0.235 e. The maximum absolute atomic E-state index is 12.0. The van der Waals surface area contributed by atoms with Crippen LogP contribution in [0.1, 0.15) is 40.0 Å². The van der Waals surface area contributed by atoms with Crippen LogP contribution in [0.4, 0.5) is 0 Å². The second kappa shape index (κ2) is 5.30. The highest BCUT2D eigenvalue weighted by Crippen LogP contribution is 2.32. The van der Waals surface area contributed by atoms with Gasteiger partial charge >= 0.3 is 0 Å². The van der Waals surface area contributed by atoms with Crippen LogP contribution in [-0.2, 0) is 9.59 Å². The Morgan fingerprint density at radius 3 is 2.44 bits per heavy atom. The summed E-state index contributed by atoms with van der Waals surface area (Å²) in [5.74, 6) is 0.350. The Morgan fingerprint density at radius 1 is 1.44 bits per heavy atom. The first-order valence-corrected chi connectivity index (χ1v) is 6.95. The van der Waals surface area contributed by atoms with Crippen molar-refractivity contribution in [3.63, 3.8) is 0 Å². The van der Waals surface area contributed by atoms with Gasteiger partial charge in [-0.2, -0.15) is 0 Å². The van der Waals surface area contributed by atoms with E-state index in [0.717, 1.165) is 18.2 Å². The van der Waals surface area contributed by atoms with E-state index in [4.69, 9.17) is 0 Å². The Balaban J connectivity index is 2.67. The Labute approximate surface area is 106 Å². The zero-order chi connectivity index (χ0) is 12.3. The molecule has 1 unspecified atom stereocenters. The van der Waals surface area contributed by atoms with Crippen molar-refractivity contribution in [1.29, 1.82) is 0 Å². The first-order chi connectivity index (χ1) is 7.42. The van der Waals surface area contributed by atoms with E-state index in [1.165, 1.54) is 4.90 Å². The summed E-state index contributed by atoms with van der Waals surface area (Å²) in [6.07, 6.45) is 2.48. The van der Waals surface area contributed by atoms with E-state index < -0.39 is 5.41 Å². The molecule has 0 N–H and O–H groups in total. The third kappa shape index (κ3) is 2.84. The first-order valence-electron chi connectivity index (χ1n) is 5.83. The van der Waals surface area contributed by atoms with E-state index in [1.54, 1.807) is 0 Å². The lowest BCUT2D eigenvalue weighted by molar-refractivity contribution is -0.141. The van der Waals surface area contributed by atoms with Crippen LogP contribution in [0, 0.1) is 11.3 Å². The minimum absolute atomic E-state index is 0.0143. The molecule has 2 amide bonds. The molecule has 3 nitrogen and oxygen atoms in total. The fourth-order valence-corrected chi connectivity index (χ4v) is 2.62. The van der Waals surface area contributed by atoms with E-state index in [9.17, 15) is 9.59 Å². The minimum Gasteiger partial charge on any atom is -0.282 e. The molecule has 92 valence electrons. The van der Waals surface area contributed by atoms with Gasteiger partial charge in [-0.3, -0.25) is 14.5 Å². The van der Waals surface area contributed by atoms with Gasteiger partial charge in [-0.15, -0.1) is 0 Å². The number of likely N-dealkylation sites (tertiary alicyclic amines) is 1. The van der Waals surface area contributed by atoms with Crippen LogP contribution in [0.3, 0.4) is 0 Å². The summed E-state index contributed by atoms with van der Waals surface area (Å²) in [5, 5.41) is 0.846. The normalized spacial score (nSPS) is 21.6. The van der Waals surface area contributed by atoms with Crippen molar-refractivity contribution in [3.8, 4) is 0 Å². The van der Waals surface area contributed by atoms with Crippen molar-refractivity contribution >= 4 is 27.7 Å². The van der Waals surface area contributed by atoms with Crippen molar-refractivity contribution in [1.82, 2.24) is 4.90 Å². The highest BCUT2D eigenvalue weighted by molar-refractivity contribution is 9.09. The summed E-state index contributed by atoms with van der Waals surface area (Å²) in [6.45, 7) is 6.37. The van der Waals surface area contributed by atoms with Crippen molar-refractivity contribution in [3.05, 3.63) is 0 Å². The highest BCUT2D eigenvalue weighted by atomic mass is 79.9. The number of amides is 2. The van der Waals surface area contributed by atoms with Gasteiger partial charge in [-0.25, -0.2) is 0 Å². The predicted molar refractivity (Wildman–Crippen MR) is 67.3 cm³/mol. The Kier molecular flexibility index (Phi) is 4.53. The summed E-state index contributed by atoms with van der Waals surface area (Å²) in [5.41, 5.74) is -0.500. The molecule has 1 aliphatic rings. The quantitative estimate of drug-likeness (QED) is 0.576. The minimum atomic E-state index is -0.500. The number of imide groups is 1. The number of alkyl halides is 1. The van der Waals surface area contributed by atoms with Gasteiger partial charge in [-0.05, 0) is 12.3 Å². The zero-order valence-corrected chi connectivity index (χ0v) is 11.8. The maximum atomic E-state index is 12.0. The highest BCUT2D eigenvalue weighted by Gasteiger charge is 2.44. The Morgan fingerprint density at radius 2 is 2.06 bits per heavy atom. The summed E-state index contributed by atoms with van der Waals surface area (Å²) in [4.78, 5) is 25.2. The molecular weight excluding hydrogens is 270 g/mol. The zero-order valence-electron chi connectivity index (χ0n) is 10.3. The first kappa shape index (κ1) is 13.7. The Bertz CT molecular complexity index is 289. The molecule has 0 aliphatic carbocycles. The van der Waals surface area contributed by atoms with Crippen LogP contribution in [0.5, 0.6) is 0 Å². The van der Waals surface area contributed by atoms with Crippen LogP contribution >= 0.6 is 15.9 Å². The molecular formula is C12H20BrNO2. The van der Waals surface area contributed by atoms with Crippen LogP contribution < -0.4 is 0 Å². The predicted octanol–water partition coefficient (Wildman–Crippen LogP) is 2.58. The molecule has 0 aromatic rings. The third-order valence-electron chi connectivity index (χ3n) is 3.07. The average molecular weight is 290 g/mol. The SMILES string of the molecule is CCCC(CBr)CN1C(=O)CC(C)(C)C1=O. The molecule has 0 spiro atoms. The van der Waals surface area contributed by atoms with Gasteiger partial charge in [0, 0.05) is 18.3 Å². The van der Waals surface area contributed by atoms with Crippen LogP contribution in [-0.4, -0.2) is 28.6 Å². The van der Waals surface area contributed by atoms with E-state index in [-0.39, 0.29) is 11.8 Å². The number of hydrogen-bond donors (Lipinski definition) is 0. The van der Waals surface area contributed by atoms with Gasteiger partial charge < -0.3 is 0 Å². The number of halogens is 1. The van der Waals surface area contributed by atoms with Gasteiger partial charge in [0.05, 0.1) is 5.41 Å². The summed E-state index contributed by atoms with van der Waals surface area (Å²) in [7, 11) is 0. The number of hydrogen-bond acceptors (Lipinski definition) is 2. The van der Waals surface area contributed by atoms with Gasteiger partial charge in [0.2, 0.25) is 11.8 Å². The molecule has 1 heterocycles.